The van der Waals surface area contributed by atoms with Crippen molar-refractivity contribution in [3.63, 3.8) is 0 Å². The van der Waals surface area contributed by atoms with E-state index in [9.17, 15) is 9.59 Å². The first kappa shape index (κ1) is 19.9. The van der Waals surface area contributed by atoms with E-state index in [4.69, 9.17) is 32.7 Å². The third-order valence-electron chi connectivity index (χ3n) is 3.97. The maximum absolute atomic E-state index is 12.5. The fraction of sp³-hybridized carbons (Fsp3) is 0.150. The number of nitrogens with one attached hydrogen (secondary N) is 1. The molecule has 0 aliphatic heterocycles. The van der Waals surface area contributed by atoms with E-state index in [0.717, 1.165) is 0 Å². The summed E-state index contributed by atoms with van der Waals surface area (Å²) < 4.78 is 9.92. The van der Waals surface area contributed by atoms with Crippen LogP contribution < -0.4 is 5.32 Å². The normalized spacial score (nSPS) is 10.6. The van der Waals surface area contributed by atoms with E-state index in [2.05, 4.69) is 10.3 Å². The van der Waals surface area contributed by atoms with E-state index in [-0.39, 0.29) is 12.2 Å². The van der Waals surface area contributed by atoms with Crippen molar-refractivity contribution < 1.29 is 19.1 Å². The molecule has 0 radical (unpaired) electrons. The van der Waals surface area contributed by atoms with Gasteiger partial charge in [-0.05, 0) is 43.3 Å². The minimum absolute atomic E-state index is 0.214. The number of halogens is 2. The Morgan fingerprint density at radius 2 is 1.86 bits per heavy atom. The van der Waals surface area contributed by atoms with Crippen LogP contribution in [0.25, 0.3) is 10.9 Å². The Labute approximate surface area is 171 Å². The van der Waals surface area contributed by atoms with Gasteiger partial charge in [0.05, 0.1) is 40.5 Å². The van der Waals surface area contributed by atoms with E-state index < -0.39 is 11.9 Å². The molecule has 144 valence electrons. The van der Waals surface area contributed by atoms with Crippen molar-refractivity contribution in [3.05, 3.63) is 63.8 Å². The quantitative estimate of drug-likeness (QED) is 0.570. The zero-order valence-electron chi connectivity index (χ0n) is 15.1. The predicted octanol–water partition coefficient (Wildman–Crippen LogP) is 5.25. The number of anilines is 2. The largest absolute Gasteiger partial charge is 0.465 e. The van der Waals surface area contributed by atoms with Gasteiger partial charge in [0.15, 0.2) is 0 Å². The second kappa shape index (κ2) is 8.46. The molecule has 0 bridgehead atoms. The molecule has 0 spiro atoms. The lowest BCUT2D eigenvalue weighted by Crippen LogP contribution is -2.10. The molecule has 0 aliphatic carbocycles. The van der Waals surface area contributed by atoms with E-state index >= 15 is 0 Å². The third-order valence-corrected chi connectivity index (χ3v) is 4.71. The van der Waals surface area contributed by atoms with Crippen LogP contribution in [0.2, 0.25) is 10.0 Å². The van der Waals surface area contributed by atoms with Crippen LogP contribution in [-0.4, -0.2) is 30.6 Å². The summed E-state index contributed by atoms with van der Waals surface area (Å²) in [7, 11) is 1.30. The van der Waals surface area contributed by atoms with Gasteiger partial charge in [0.2, 0.25) is 0 Å². The standard InChI is InChI=1S/C20H16Cl2N2O4/c1-3-28-20(26)14-10-23-17-7-4-11(19(25)27-2)8-13(17)18(14)24-12-5-6-15(21)16(22)9-12/h4-10H,3H2,1-2H3,(H,23,24). The second-order valence-electron chi connectivity index (χ2n) is 5.74. The second-order valence-corrected chi connectivity index (χ2v) is 6.56. The van der Waals surface area contributed by atoms with Gasteiger partial charge in [-0.1, -0.05) is 23.2 Å². The predicted molar refractivity (Wildman–Crippen MR) is 109 cm³/mol. The maximum Gasteiger partial charge on any atom is 0.341 e. The number of hydrogen-bond donors (Lipinski definition) is 1. The summed E-state index contributed by atoms with van der Waals surface area (Å²) in [5.41, 5.74) is 2.18. The molecule has 8 heteroatoms. The van der Waals surface area contributed by atoms with Gasteiger partial charge in [-0.25, -0.2) is 9.59 Å². The average Bonchev–Trinajstić information content (AvgIpc) is 2.70. The maximum atomic E-state index is 12.5. The molecule has 0 saturated heterocycles. The summed E-state index contributed by atoms with van der Waals surface area (Å²) in [4.78, 5) is 28.7. The molecule has 0 saturated carbocycles. The molecule has 0 fully saturated rings. The van der Waals surface area contributed by atoms with Gasteiger partial charge in [-0.2, -0.15) is 0 Å². The Balaban J connectivity index is 2.20. The van der Waals surface area contributed by atoms with Crippen molar-refractivity contribution in [2.45, 2.75) is 6.92 Å². The Bertz CT molecular complexity index is 1070. The molecule has 1 heterocycles. The molecule has 1 N–H and O–H groups in total. The van der Waals surface area contributed by atoms with Crippen molar-refractivity contribution >= 4 is 57.4 Å². The van der Waals surface area contributed by atoms with Crippen LogP contribution in [0.3, 0.4) is 0 Å². The number of pyridine rings is 1. The number of nitrogens with zero attached hydrogens (tertiary/aromatic N) is 1. The van der Waals surface area contributed by atoms with Crippen LogP contribution in [0.5, 0.6) is 0 Å². The number of carbonyl (C=O) groups excluding carboxylic acids is 2. The lowest BCUT2D eigenvalue weighted by atomic mass is 10.1. The first-order chi connectivity index (χ1) is 13.4. The number of carbonyl (C=O) groups is 2. The van der Waals surface area contributed by atoms with Crippen LogP contribution in [-0.2, 0) is 9.47 Å². The highest BCUT2D eigenvalue weighted by atomic mass is 35.5. The molecule has 3 rings (SSSR count). The van der Waals surface area contributed by atoms with Gasteiger partial charge in [0.25, 0.3) is 0 Å². The summed E-state index contributed by atoms with van der Waals surface area (Å²) in [5.74, 6) is -1.04. The number of hydrogen-bond acceptors (Lipinski definition) is 6. The smallest absolute Gasteiger partial charge is 0.341 e. The van der Waals surface area contributed by atoms with Crippen LogP contribution in [0.1, 0.15) is 27.6 Å². The van der Waals surface area contributed by atoms with Gasteiger partial charge in [0.1, 0.15) is 5.56 Å². The number of methoxy groups -OCH3 is 1. The first-order valence-electron chi connectivity index (χ1n) is 8.35. The Hall–Kier alpha value is -2.83. The average molecular weight is 419 g/mol. The molecule has 0 aliphatic rings. The fourth-order valence-electron chi connectivity index (χ4n) is 2.65. The van der Waals surface area contributed by atoms with Crippen LogP contribution in [0, 0.1) is 0 Å². The lowest BCUT2D eigenvalue weighted by Gasteiger charge is -2.15. The highest BCUT2D eigenvalue weighted by molar-refractivity contribution is 6.42. The number of aromatic nitrogens is 1. The highest BCUT2D eigenvalue weighted by Gasteiger charge is 2.19. The number of ether oxygens (including phenoxy) is 2. The first-order valence-corrected chi connectivity index (χ1v) is 9.10. The molecule has 0 amide bonds. The molecule has 0 atom stereocenters. The number of esters is 2. The van der Waals surface area contributed by atoms with Gasteiger partial charge >= 0.3 is 11.9 Å². The third kappa shape index (κ3) is 4.03. The molecule has 28 heavy (non-hydrogen) atoms. The molecular formula is C20H16Cl2N2O4. The van der Waals surface area contributed by atoms with E-state index in [1.807, 2.05) is 0 Å². The molecule has 0 unspecified atom stereocenters. The zero-order valence-corrected chi connectivity index (χ0v) is 16.6. The molecule has 2 aromatic carbocycles. The van der Waals surface area contributed by atoms with Crippen molar-refractivity contribution in [2.24, 2.45) is 0 Å². The number of rotatable bonds is 5. The number of benzene rings is 2. The minimum Gasteiger partial charge on any atom is -0.465 e. The van der Waals surface area contributed by atoms with E-state index in [1.54, 1.807) is 43.3 Å². The summed E-state index contributed by atoms with van der Waals surface area (Å²) >= 11 is 12.1. The van der Waals surface area contributed by atoms with Crippen molar-refractivity contribution in [2.75, 3.05) is 19.0 Å². The van der Waals surface area contributed by atoms with Crippen LogP contribution in [0.15, 0.2) is 42.6 Å². The van der Waals surface area contributed by atoms with Crippen LogP contribution in [0.4, 0.5) is 11.4 Å². The zero-order chi connectivity index (χ0) is 20.3. The Morgan fingerprint density at radius 1 is 1.07 bits per heavy atom. The Kier molecular flexibility index (Phi) is 6.02. The summed E-state index contributed by atoms with van der Waals surface area (Å²) in [6.45, 7) is 1.93. The number of fused-ring (bicyclic) bond motifs is 1. The SMILES string of the molecule is CCOC(=O)c1cnc2ccc(C(=O)OC)cc2c1Nc1ccc(Cl)c(Cl)c1. The monoisotopic (exact) mass is 418 g/mol. The van der Waals surface area contributed by atoms with Gasteiger partial charge in [-0.15, -0.1) is 0 Å². The summed E-state index contributed by atoms with van der Waals surface area (Å²) in [5, 5.41) is 4.49. The molecule has 6 nitrogen and oxygen atoms in total. The summed E-state index contributed by atoms with van der Waals surface area (Å²) in [6, 6.07) is 9.88. The van der Waals surface area contributed by atoms with Crippen molar-refractivity contribution in [3.8, 4) is 0 Å². The highest BCUT2D eigenvalue weighted by Crippen LogP contribution is 2.33. The molecule has 3 aromatic rings. The molecular weight excluding hydrogens is 403 g/mol. The minimum atomic E-state index is -0.539. The lowest BCUT2D eigenvalue weighted by molar-refractivity contribution is 0.0526. The van der Waals surface area contributed by atoms with Crippen molar-refractivity contribution in [1.29, 1.82) is 0 Å². The molecule has 1 aromatic heterocycles. The fourth-order valence-corrected chi connectivity index (χ4v) is 2.95. The van der Waals surface area contributed by atoms with Gasteiger partial charge < -0.3 is 14.8 Å². The van der Waals surface area contributed by atoms with E-state index in [1.165, 1.54) is 13.3 Å². The van der Waals surface area contributed by atoms with E-state index in [0.29, 0.717) is 37.9 Å². The topological polar surface area (TPSA) is 77.5 Å². The van der Waals surface area contributed by atoms with Gasteiger partial charge in [-0.3, -0.25) is 4.98 Å². The Morgan fingerprint density at radius 3 is 2.54 bits per heavy atom. The van der Waals surface area contributed by atoms with Crippen molar-refractivity contribution in [1.82, 2.24) is 4.98 Å². The summed E-state index contributed by atoms with van der Waals surface area (Å²) in [6.07, 6.45) is 1.43. The van der Waals surface area contributed by atoms with Gasteiger partial charge in [0, 0.05) is 17.3 Å². The van der Waals surface area contributed by atoms with Crippen LogP contribution >= 0.6 is 23.2 Å².